The summed E-state index contributed by atoms with van der Waals surface area (Å²) in [5, 5.41) is 0.563. The highest BCUT2D eigenvalue weighted by atomic mass is 35.5. The third kappa shape index (κ3) is 3.45. The molecule has 0 unspecified atom stereocenters. The van der Waals surface area contributed by atoms with Crippen LogP contribution in [0, 0.1) is 12.8 Å². The highest BCUT2D eigenvalue weighted by Crippen LogP contribution is 2.28. The number of hydrogen-bond donors (Lipinski definition) is 0. The molecule has 0 aromatic heterocycles. The Balaban J connectivity index is 2.06. The SMILES string of the molecule is COc1cc(C)c(CC(=O)N2CCC(C)CC2)cc1Cl. The molecule has 2 rings (SSSR count). The first kappa shape index (κ1) is 15.2. The monoisotopic (exact) mass is 295 g/mol. The molecule has 0 bridgehead atoms. The third-order valence-electron chi connectivity index (χ3n) is 4.09. The van der Waals surface area contributed by atoms with Crippen LogP contribution in [0.3, 0.4) is 0 Å². The second-order valence-corrected chi connectivity index (χ2v) is 6.06. The molecular weight excluding hydrogens is 274 g/mol. The molecule has 1 amide bonds. The van der Waals surface area contributed by atoms with Crippen LogP contribution in [0.2, 0.25) is 5.02 Å². The fourth-order valence-corrected chi connectivity index (χ4v) is 2.84. The average Bonchev–Trinajstić information content (AvgIpc) is 2.43. The highest BCUT2D eigenvalue weighted by molar-refractivity contribution is 6.32. The number of halogens is 1. The molecule has 0 spiro atoms. The van der Waals surface area contributed by atoms with Crippen LogP contribution in [-0.4, -0.2) is 31.0 Å². The van der Waals surface area contributed by atoms with E-state index in [4.69, 9.17) is 16.3 Å². The first-order chi connectivity index (χ1) is 9.51. The van der Waals surface area contributed by atoms with E-state index in [2.05, 4.69) is 6.92 Å². The number of methoxy groups -OCH3 is 1. The van der Waals surface area contributed by atoms with Crippen molar-refractivity contribution in [2.45, 2.75) is 33.1 Å². The number of aryl methyl sites for hydroxylation is 1. The number of likely N-dealkylation sites (tertiary alicyclic amines) is 1. The minimum Gasteiger partial charge on any atom is -0.495 e. The van der Waals surface area contributed by atoms with Crippen molar-refractivity contribution >= 4 is 17.5 Å². The number of rotatable bonds is 3. The normalized spacial score (nSPS) is 16.3. The largest absolute Gasteiger partial charge is 0.495 e. The van der Waals surface area contributed by atoms with Crippen LogP contribution in [0.1, 0.15) is 30.9 Å². The summed E-state index contributed by atoms with van der Waals surface area (Å²) in [6.45, 7) is 5.99. The lowest BCUT2D eigenvalue weighted by Gasteiger charge is -2.30. The van der Waals surface area contributed by atoms with Crippen LogP contribution in [-0.2, 0) is 11.2 Å². The van der Waals surface area contributed by atoms with Crippen LogP contribution in [0.4, 0.5) is 0 Å². The van der Waals surface area contributed by atoms with Crippen LogP contribution in [0.5, 0.6) is 5.75 Å². The van der Waals surface area contributed by atoms with Crippen LogP contribution < -0.4 is 4.74 Å². The fourth-order valence-electron chi connectivity index (χ4n) is 2.58. The van der Waals surface area contributed by atoms with Crippen molar-refractivity contribution < 1.29 is 9.53 Å². The zero-order valence-electron chi connectivity index (χ0n) is 12.4. The number of piperidine rings is 1. The Morgan fingerprint density at radius 2 is 2.05 bits per heavy atom. The van der Waals surface area contributed by atoms with Gasteiger partial charge in [0.25, 0.3) is 0 Å². The van der Waals surface area contributed by atoms with Crippen molar-refractivity contribution in [2.24, 2.45) is 5.92 Å². The van der Waals surface area contributed by atoms with Gasteiger partial charge in [-0.15, -0.1) is 0 Å². The van der Waals surface area contributed by atoms with Gasteiger partial charge < -0.3 is 9.64 Å². The van der Waals surface area contributed by atoms with Gasteiger partial charge in [-0.3, -0.25) is 4.79 Å². The standard InChI is InChI=1S/C16H22ClNO2/c1-11-4-6-18(7-5-11)16(19)10-13-9-14(17)15(20-3)8-12(13)2/h8-9,11H,4-7,10H2,1-3H3. The van der Waals surface area contributed by atoms with E-state index in [1.165, 1.54) is 0 Å². The van der Waals surface area contributed by atoms with Crippen molar-refractivity contribution in [1.82, 2.24) is 4.90 Å². The summed E-state index contributed by atoms with van der Waals surface area (Å²) in [4.78, 5) is 14.3. The Morgan fingerprint density at radius 3 is 2.65 bits per heavy atom. The van der Waals surface area contributed by atoms with Crippen molar-refractivity contribution in [3.63, 3.8) is 0 Å². The van der Waals surface area contributed by atoms with Gasteiger partial charge in [-0.05, 0) is 48.9 Å². The average molecular weight is 296 g/mol. The molecule has 1 aromatic rings. The molecule has 1 fully saturated rings. The Kier molecular flexibility index (Phi) is 4.92. The zero-order chi connectivity index (χ0) is 14.7. The first-order valence-corrected chi connectivity index (χ1v) is 7.50. The van der Waals surface area contributed by atoms with E-state index >= 15 is 0 Å². The molecule has 0 N–H and O–H groups in total. The molecule has 1 aromatic carbocycles. The maximum Gasteiger partial charge on any atom is 0.227 e. The number of hydrogen-bond acceptors (Lipinski definition) is 2. The summed E-state index contributed by atoms with van der Waals surface area (Å²) < 4.78 is 5.19. The predicted molar refractivity (Wildman–Crippen MR) is 81.4 cm³/mol. The number of carbonyl (C=O) groups excluding carboxylic acids is 1. The lowest BCUT2D eigenvalue weighted by atomic mass is 9.98. The lowest BCUT2D eigenvalue weighted by Crippen LogP contribution is -2.38. The molecule has 0 atom stereocenters. The molecule has 0 saturated carbocycles. The van der Waals surface area contributed by atoms with E-state index in [1.54, 1.807) is 7.11 Å². The predicted octanol–water partition coefficient (Wildman–Crippen LogP) is 3.46. The van der Waals surface area contributed by atoms with Crippen LogP contribution in [0.25, 0.3) is 0 Å². The van der Waals surface area contributed by atoms with Gasteiger partial charge in [0.1, 0.15) is 5.75 Å². The number of amides is 1. The van der Waals surface area contributed by atoms with Crippen LogP contribution in [0.15, 0.2) is 12.1 Å². The quantitative estimate of drug-likeness (QED) is 0.855. The van der Waals surface area contributed by atoms with Crippen molar-refractivity contribution in [3.05, 3.63) is 28.3 Å². The van der Waals surface area contributed by atoms with Gasteiger partial charge >= 0.3 is 0 Å². The zero-order valence-corrected chi connectivity index (χ0v) is 13.2. The number of nitrogens with zero attached hydrogens (tertiary/aromatic N) is 1. The van der Waals surface area contributed by atoms with Gasteiger partial charge in [-0.25, -0.2) is 0 Å². The van der Waals surface area contributed by atoms with E-state index in [-0.39, 0.29) is 5.91 Å². The van der Waals surface area contributed by atoms with Crippen molar-refractivity contribution in [2.75, 3.05) is 20.2 Å². The Labute approximate surface area is 125 Å². The summed E-state index contributed by atoms with van der Waals surface area (Å²) >= 11 is 6.14. The van der Waals surface area contributed by atoms with Gasteiger partial charge in [-0.2, -0.15) is 0 Å². The minimum atomic E-state index is 0.196. The van der Waals surface area contributed by atoms with E-state index < -0.39 is 0 Å². The van der Waals surface area contributed by atoms with Gasteiger partial charge in [0.05, 0.1) is 18.6 Å². The molecule has 3 nitrogen and oxygen atoms in total. The summed E-state index contributed by atoms with van der Waals surface area (Å²) in [7, 11) is 1.60. The highest BCUT2D eigenvalue weighted by Gasteiger charge is 2.21. The van der Waals surface area contributed by atoms with Crippen molar-refractivity contribution in [3.8, 4) is 5.75 Å². The van der Waals surface area contributed by atoms with E-state index in [9.17, 15) is 4.79 Å². The summed E-state index contributed by atoms with van der Waals surface area (Å²) in [6, 6.07) is 3.74. The van der Waals surface area contributed by atoms with Gasteiger partial charge in [0, 0.05) is 13.1 Å². The molecule has 20 heavy (non-hydrogen) atoms. The minimum absolute atomic E-state index is 0.196. The molecule has 1 heterocycles. The van der Waals surface area contributed by atoms with Gasteiger partial charge in [0.15, 0.2) is 0 Å². The molecule has 0 aliphatic carbocycles. The van der Waals surface area contributed by atoms with E-state index in [0.717, 1.165) is 43.0 Å². The molecule has 1 aliphatic heterocycles. The smallest absolute Gasteiger partial charge is 0.227 e. The Bertz CT molecular complexity index is 493. The van der Waals surface area contributed by atoms with Crippen molar-refractivity contribution in [1.29, 1.82) is 0 Å². The fraction of sp³-hybridized carbons (Fsp3) is 0.562. The topological polar surface area (TPSA) is 29.5 Å². The summed E-state index contributed by atoms with van der Waals surface area (Å²) in [5.74, 6) is 1.59. The maximum absolute atomic E-state index is 12.3. The first-order valence-electron chi connectivity index (χ1n) is 7.12. The summed E-state index contributed by atoms with van der Waals surface area (Å²) in [6.07, 6.45) is 2.63. The molecule has 4 heteroatoms. The van der Waals surface area contributed by atoms with E-state index in [0.29, 0.717) is 17.2 Å². The molecule has 0 radical (unpaired) electrons. The van der Waals surface area contributed by atoms with Gasteiger partial charge in [0.2, 0.25) is 5.91 Å². The molecular formula is C16H22ClNO2. The third-order valence-corrected chi connectivity index (χ3v) is 4.38. The Hall–Kier alpha value is -1.22. The number of carbonyl (C=O) groups is 1. The Morgan fingerprint density at radius 1 is 1.40 bits per heavy atom. The number of benzene rings is 1. The molecule has 1 saturated heterocycles. The maximum atomic E-state index is 12.3. The molecule has 110 valence electrons. The van der Waals surface area contributed by atoms with E-state index in [1.807, 2.05) is 24.0 Å². The lowest BCUT2D eigenvalue weighted by molar-refractivity contribution is -0.131. The second-order valence-electron chi connectivity index (χ2n) is 5.65. The molecule has 1 aliphatic rings. The number of ether oxygens (including phenoxy) is 1. The second kappa shape index (κ2) is 6.49. The summed E-state index contributed by atoms with van der Waals surface area (Å²) in [5.41, 5.74) is 2.03. The van der Waals surface area contributed by atoms with Gasteiger partial charge in [-0.1, -0.05) is 18.5 Å². The van der Waals surface area contributed by atoms with Crippen LogP contribution >= 0.6 is 11.6 Å².